The molecule has 0 aliphatic heterocycles. The van der Waals surface area contributed by atoms with Gasteiger partial charge in [-0.1, -0.05) is 0 Å². The maximum absolute atomic E-state index is 12.2. The summed E-state index contributed by atoms with van der Waals surface area (Å²) in [7, 11) is 0. The molecule has 0 N–H and O–H groups in total. The van der Waals surface area contributed by atoms with Gasteiger partial charge in [0.25, 0.3) is 5.78 Å². The van der Waals surface area contributed by atoms with Gasteiger partial charge in [-0.15, -0.1) is 24.9 Å². The molecular formula is C12H11F3O4S. The van der Waals surface area contributed by atoms with Gasteiger partial charge in [0.05, 0.1) is 6.61 Å². The first-order valence-corrected chi connectivity index (χ1v) is 6.65. The fraction of sp³-hybridized carbons (Fsp3) is 0.333. The van der Waals surface area contributed by atoms with E-state index in [1.165, 1.54) is 13.0 Å². The Morgan fingerprint density at radius 2 is 1.90 bits per heavy atom. The number of alkyl halides is 3. The molecule has 0 radical (unpaired) electrons. The van der Waals surface area contributed by atoms with Crippen LogP contribution in [0.25, 0.3) is 0 Å². The van der Waals surface area contributed by atoms with Gasteiger partial charge in [-0.2, -0.15) is 0 Å². The number of carbonyl (C=O) groups is 2. The highest BCUT2D eigenvalue weighted by Gasteiger charge is 2.32. The van der Waals surface area contributed by atoms with Crippen LogP contribution in [0.4, 0.5) is 13.2 Å². The summed E-state index contributed by atoms with van der Waals surface area (Å²) in [6.07, 6.45) is -3.26. The summed E-state index contributed by atoms with van der Waals surface area (Å²) < 4.78 is 44.8. The van der Waals surface area contributed by atoms with Gasteiger partial charge in [0.1, 0.15) is 5.75 Å². The minimum Gasteiger partial charge on any atom is -0.460 e. The maximum Gasteiger partial charge on any atom is 0.573 e. The average molecular weight is 308 g/mol. The molecule has 0 atom stereocenters. The third-order valence-electron chi connectivity index (χ3n) is 2.07. The lowest BCUT2D eigenvalue weighted by atomic mass is 10.1. The van der Waals surface area contributed by atoms with Crippen molar-refractivity contribution in [3.63, 3.8) is 0 Å². The Bertz CT molecular complexity index is 514. The van der Waals surface area contributed by atoms with Gasteiger partial charge in [0.15, 0.2) is 0 Å². The van der Waals surface area contributed by atoms with Crippen LogP contribution in [0.5, 0.6) is 5.75 Å². The van der Waals surface area contributed by atoms with Crippen LogP contribution in [0.15, 0.2) is 23.1 Å². The van der Waals surface area contributed by atoms with E-state index in [2.05, 4.69) is 9.47 Å². The van der Waals surface area contributed by atoms with Crippen molar-refractivity contribution in [3.05, 3.63) is 23.8 Å². The van der Waals surface area contributed by atoms with Gasteiger partial charge in [0.2, 0.25) is 0 Å². The van der Waals surface area contributed by atoms with Gasteiger partial charge in [0, 0.05) is 10.5 Å². The summed E-state index contributed by atoms with van der Waals surface area (Å²) in [6, 6.07) is 3.28. The highest BCUT2D eigenvalue weighted by atomic mass is 32.2. The minimum atomic E-state index is -4.87. The molecule has 0 fully saturated rings. The lowest BCUT2D eigenvalue weighted by Crippen LogP contribution is -2.19. The number of hydrogen-bond acceptors (Lipinski definition) is 5. The van der Waals surface area contributed by atoms with Crippen molar-refractivity contribution >= 4 is 23.5 Å². The zero-order valence-electron chi connectivity index (χ0n) is 10.6. The smallest absolute Gasteiger partial charge is 0.460 e. The Labute approximate surface area is 117 Å². The van der Waals surface area contributed by atoms with Gasteiger partial charge in [-0.05, 0) is 31.4 Å². The number of carbonyl (C=O) groups excluding carboxylic acids is 2. The third kappa shape index (κ3) is 4.76. The molecular weight excluding hydrogens is 297 g/mol. The molecule has 0 spiro atoms. The largest absolute Gasteiger partial charge is 0.573 e. The summed E-state index contributed by atoms with van der Waals surface area (Å²) in [5.74, 6) is -2.70. The van der Waals surface area contributed by atoms with E-state index in [1.54, 1.807) is 6.26 Å². The maximum atomic E-state index is 12.2. The molecule has 0 amide bonds. The van der Waals surface area contributed by atoms with E-state index in [9.17, 15) is 22.8 Å². The monoisotopic (exact) mass is 308 g/mol. The minimum absolute atomic E-state index is 0.00129. The molecule has 1 aromatic rings. The summed E-state index contributed by atoms with van der Waals surface area (Å²) in [5, 5.41) is 0. The molecule has 0 saturated heterocycles. The molecule has 0 aliphatic carbocycles. The molecule has 0 aromatic heterocycles. The second-order valence-electron chi connectivity index (χ2n) is 3.49. The van der Waals surface area contributed by atoms with Crippen LogP contribution in [0, 0.1) is 0 Å². The van der Waals surface area contributed by atoms with E-state index in [4.69, 9.17) is 0 Å². The lowest BCUT2D eigenvalue weighted by Gasteiger charge is -2.11. The summed E-state index contributed by atoms with van der Waals surface area (Å²) >= 11 is 1.11. The number of ether oxygens (including phenoxy) is 2. The Hall–Kier alpha value is -1.70. The fourth-order valence-corrected chi connectivity index (χ4v) is 1.81. The SMILES string of the molecule is CCOC(=O)C(=O)c1cc(OC(F)(F)F)cc(SC)c1. The predicted molar refractivity (Wildman–Crippen MR) is 65.9 cm³/mol. The zero-order chi connectivity index (χ0) is 15.3. The molecule has 8 heteroatoms. The molecule has 0 aliphatic rings. The predicted octanol–water partition coefficient (Wildman–Crippen LogP) is 3.05. The van der Waals surface area contributed by atoms with Crippen LogP contribution in [0.1, 0.15) is 17.3 Å². The number of thioether (sulfide) groups is 1. The highest BCUT2D eigenvalue weighted by molar-refractivity contribution is 7.98. The van der Waals surface area contributed by atoms with Crippen LogP contribution in [0.3, 0.4) is 0 Å². The molecule has 1 rings (SSSR count). The van der Waals surface area contributed by atoms with Crippen molar-refractivity contribution in [1.29, 1.82) is 0 Å². The fourth-order valence-electron chi connectivity index (χ4n) is 1.33. The van der Waals surface area contributed by atoms with Crippen LogP contribution in [-0.2, 0) is 9.53 Å². The van der Waals surface area contributed by atoms with E-state index in [1.807, 2.05) is 0 Å². The molecule has 1 aromatic carbocycles. The highest BCUT2D eigenvalue weighted by Crippen LogP contribution is 2.28. The second-order valence-corrected chi connectivity index (χ2v) is 4.37. The van der Waals surface area contributed by atoms with Crippen molar-refractivity contribution in [3.8, 4) is 5.75 Å². The summed E-state index contributed by atoms with van der Waals surface area (Å²) in [4.78, 5) is 23.4. The number of benzene rings is 1. The van der Waals surface area contributed by atoms with Crippen LogP contribution < -0.4 is 4.74 Å². The van der Waals surface area contributed by atoms with Gasteiger partial charge in [-0.3, -0.25) is 4.79 Å². The Balaban J connectivity index is 3.10. The van der Waals surface area contributed by atoms with Crippen molar-refractivity contribution in [2.24, 2.45) is 0 Å². The Kier molecular flexibility index (Phi) is 5.43. The number of Topliss-reactive ketones (excluding diaryl/α,β-unsaturated/α-hetero) is 1. The number of esters is 1. The van der Waals surface area contributed by atoms with Gasteiger partial charge in [-0.25, -0.2) is 4.79 Å². The number of halogens is 3. The zero-order valence-corrected chi connectivity index (χ0v) is 11.4. The molecule has 0 saturated carbocycles. The standard InChI is InChI=1S/C12H11F3O4S/c1-3-18-11(17)10(16)7-4-8(19-12(13,14)15)6-9(5-7)20-2/h4-6H,3H2,1-2H3. The molecule has 4 nitrogen and oxygen atoms in total. The number of hydrogen-bond donors (Lipinski definition) is 0. The van der Waals surface area contributed by atoms with Crippen LogP contribution in [0.2, 0.25) is 0 Å². The molecule has 0 unspecified atom stereocenters. The number of rotatable bonds is 5. The molecule has 20 heavy (non-hydrogen) atoms. The van der Waals surface area contributed by atoms with Crippen LogP contribution in [-0.4, -0.2) is 31.0 Å². The van der Waals surface area contributed by atoms with Crippen molar-refractivity contribution < 1.29 is 32.2 Å². The quantitative estimate of drug-likeness (QED) is 0.362. The lowest BCUT2D eigenvalue weighted by molar-refractivity contribution is -0.274. The van der Waals surface area contributed by atoms with E-state index >= 15 is 0 Å². The molecule has 0 heterocycles. The summed E-state index contributed by atoms with van der Waals surface area (Å²) in [6.45, 7) is 1.51. The van der Waals surface area contributed by atoms with Gasteiger partial charge >= 0.3 is 12.3 Å². The Morgan fingerprint density at radius 1 is 1.25 bits per heavy atom. The van der Waals surface area contributed by atoms with E-state index in [-0.39, 0.29) is 12.2 Å². The average Bonchev–Trinajstić information content (AvgIpc) is 2.35. The summed E-state index contributed by atoms with van der Waals surface area (Å²) in [5.41, 5.74) is -0.213. The van der Waals surface area contributed by atoms with Crippen molar-refractivity contribution in [2.75, 3.05) is 12.9 Å². The van der Waals surface area contributed by atoms with E-state index < -0.39 is 23.9 Å². The number of ketones is 1. The van der Waals surface area contributed by atoms with Gasteiger partial charge < -0.3 is 9.47 Å². The first kappa shape index (κ1) is 16.4. The first-order valence-electron chi connectivity index (χ1n) is 5.43. The van der Waals surface area contributed by atoms with E-state index in [0.29, 0.717) is 4.90 Å². The third-order valence-corrected chi connectivity index (χ3v) is 2.78. The Morgan fingerprint density at radius 3 is 2.40 bits per heavy atom. The van der Waals surface area contributed by atoms with Crippen LogP contribution >= 0.6 is 11.8 Å². The molecule has 0 bridgehead atoms. The van der Waals surface area contributed by atoms with E-state index in [0.717, 1.165) is 23.9 Å². The van der Waals surface area contributed by atoms with Crippen molar-refractivity contribution in [2.45, 2.75) is 18.2 Å². The second kappa shape index (κ2) is 6.65. The molecule has 110 valence electrons. The van der Waals surface area contributed by atoms with Crippen molar-refractivity contribution in [1.82, 2.24) is 0 Å². The normalized spacial score (nSPS) is 11.1. The first-order chi connectivity index (χ1) is 9.26. The topological polar surface area (TPSA) is 52.6 Å².